The lowest BCUT2D eigenvalue weighted by atomic mass is 9.91. The number of benzene rings is 3. The third-order valence-corrected chi connectivity index (χ3v) is 6.64. The van der Waals surface area contributed by atoms with Crippen LogP contribution in [0.25, 0.3) is 0 Å². The predicted octanol–water partition coefficient (Wildman–Crippen LogP) is 4.50. The van der Waals surface area contributed by atoms with E-state index in [0.717, 1.165) is 16.8 Å². The van der Waals surface area contributed by atoms with E-state index < -0.39 is 10.0 Å². The third-order valence-electron chi connectivity index (χ3n) is 4.85. The quantitative estimate of drug-likeness (QED) is 0.447. The number of rotatable bonds is 4. The molecule has 0 spiro atoms. The minimum atomic E-state index is -4.01. The summed E-state index contributed by atoms with van der Waals surface area (Å²) in [5.41, 5.74) is 8.74. The fourth-order valence-electron chi connectivity index (χ4n) is 3.30. The summed E-state index contributed by atoms with van der Waals surface area (Å²) in [5.74, 6) is -0.325. The van der Waals surface area contributed by atoms with E-state index in [1.54, 1.807) is 12.1 Å². The highest BCUT2D eigenvalue weighted by atomic mass is 35.5. The Morgan fingerprint density at radius 3 is 2.13 bits per heavy atom. The highest BCUT2D eigenvalue weighted by Gasteiger charge is 2.31. The van der Waals surface area contributed by atoms with Gasteiger partial charge in [-0.25, -0.2) is 5.01 Å². The number of hydrogen-bond acceptors (Lipinski definition) is 3. The van der Waals surface area contributed by atoms with Crippen LogP contribution in [0, 0.1) is 0 Å². The van der Waals surface area contributed by atoms with Gasteiger partial charge in [0, 0.05) is 16.0 Å². The molecule has 1 aliphatic rings. The number of hydrogen-bond donors (Lipinski definition) is 1. The number of nitrogens with two attached hydrogens (primary N) is 1. The predicted molar refractivity (Wildman–Crippen MR) is 124 cm³/mol. The van der Waals surface area contributed by atoms with Gasteiger partial charge in [-0.05, 0) is 47.5 Å². The maximum Gasteiger partial charge on any atom is 0.285 e. The standard InChI is InChI=1S/C22H18Cl2N4O2S/c23-17-8-6-16(7-9-17)21-20(15-4-2-1-3-5-15)14-28(26-21)22(25)27-31(29,30)19-12-10-18(24)11-13-19/h1-13,20H,14H2,(H2,25,27). The Morgan fingerprint density at radius 1 is 0.935 bits per heavy atom. The van der Waals surface area contributed by atoms with Crippen molar-refractivity contribution < 1.29 is 8.42 Å². The van der Waals surface area contributed by atoms with Gasteiger partial charge in [0.15, 0.2) is 0 Å². The van der Waals surface area contributed by atoms with Crippen molar-refractivity contribution in [3.8, 4) is 0 Å². The maximum absolute atomic E-state index is 12.7. The Labute approximate surface area is 190 Å². The molecule has 3 aromatic rings. The second kappa shape index (κ2) is 8.70. The van der Waals surface area contributed by atoms with Crippen molar-refractivity contribution in [1.29, 1.82) is 0 Å². The molecule has 6 nitrogen and oxygen atoms in total. The molecule has 31 heavy (non-hydrogen) atoms. The van der Waals surface area contributed by atoms with Gasteiger partial charge in [-0.2, -0.15) is 13.5 Å². The van der Waals surface area contributed by atoms with Crippen molar-refractivity contribution in [3.05, 3.63) is 100 Å². The second-order valence-corrected chi connectivity index (χ2v) is 9.39. The molecule has 4 rings (SSSR count). The summed E-state index contributed by atoms with van der Waals surface area (Å²) in [7, 11) is -4.01. The first-order valence-electron chi connectivity index (χ1n) is 9.36. The van der Waals surface area contributed by atoms with Crippen LogP contribution >= 0.6 is 23.2 Å². The number of nitrogens with zero attached hydrogens (tertiary/aromatic N) is 3. The van der Waals surface area contributed by atoms with E-state index >= 15 is 0 Å². The van der Waals surface area contributed by atoms with E-state index in [2.05, 4.69) is 9.50 Å². The Hall–Kier alpha value is -2.87. The minimum Gasteiger partial charge on any atom is -0.367 e. The van der Waals surface area contributed by atoms with Crippen molar-refractivity contribution in [2.24, 2.45) is 15.2 Å². The SMILES string of the molecule is N/C(=N/S(=O)(=O)c1ccc(Cl)cc1)N1CC(c2ccccc2)C(c2ccc(Cl)cc2)=N1. The topological polar surface area (TPSA) is 88.1 Å². The van der Waals surface area contributed by atoms with Crippen molar-refractivity contribution in [1.82, 2.24) is 5.01 Å². The van der Waals surface area contributed by atoms with Crippen molar-refractivity contribution in [2.45, 2.75) is 10.8 Å². The van der Waals surface area contributed by atoms with Crippen LogP contribution in [0.3, 0.4) is 0 Å². The van der Waals surface area contributed by atoms with Crippen molar-refractivity contribution >= 4 is 44.9 Å². The molecule has 0 aromatic heterocycles. The fourth-order valence-corrected chi connectivity index (χ4v) is 4.48. The fraction of sp³-hybridized carbons (Fsp3) is 0.0909. The van der Waals surface area contributed by atoms with E-state index in [1.165, 1.54) is 29.3 Å². The molecule has 1 heterocycles. The van der Waals surface area contributed by atoms with Gasteiger partial charge in [0.1, 0.15) is 0 Å². The molecule has 1 atom stereocenters. The molecule has 0 aliphatic carbocycles. The van der Waals surface area contributed by atoms with Crippen LogP contribution in [0.1, 0.15) is 17.0 Å². The van der Waals surface area contributed by atoms with Crippen LogP contribution in [-0.4, -0.2) is 31.6 Å². The third kappa shape index (κ3) is 4.74. The number of guanidine groups is 1. The molecule has 2 N–H and O–H groups in total. The molecule has 0 fully saturated rings. The van der Waals surface area contributed by atoms with Crippen LogP contribution < -0.4 is 5.73 Å². The first-order chi connectivity index (χ1) is 14.8. The van der Waals surface area contributed by atoms with Crippen LogP contribution in [0.4, 0.5) is 0 Å². The summed E-state index contributed by atoms with van der Waals surface area (Å²) in [4.78, 5) is 0.000519. The van der Waals surface area contributed by atoms with Crippen molar-refractivity contribution in [2.75, 3.05) is 6.54 Å². The van der Waals surface area contributed by atoms with Gasteiger partial charge in [0.2, 0.25) is 5.96 Å². The lowest BCUT2D eigenvalue weighted by Crippen LogP contribution is -2.33. The highest BCUT2D eigenvalue weighted by molar-refractivity contribution is 7.90. The Kier molecular flexibility index (Phi) is 6.00. The van der Waals surface area contributed by atoms with E-state index in [-0.39, 0.29) is 16.8 Å². The molecule has 0 saturated carbocycles. The molecular weight excluding hydrogens is 455 g/mol. The van der Waals surface area contributed by atoms with E-state index in [9.17, 15) is 8.42 Å². The lowest BCUT2D eigenvalue weighted by Gasteiger charge is -2.15. The largest absolute Gasteiger partial charge is 0.367 e. The Balaban J connectivity index is 1.70. The molecule has 3 aromatic carbocycles. The minimum absolute atomic E-state index is 0.000519. The van der Waals surface area contributed by atoms with Gasteiger partial charge in [-0.3, -0.25) is 0 Å². The monoisotopic (exact) mass is 472 g/mol. The molecule has 0 saturated heterocycles. The molecule has 1 unspecified atom stereocenters. The van der Waals surface area contributed by atoms with Gasteiger partial charge in [-0.15, -0.1) is 4.40 Å². The van der Waals surface area contributed by atoms with Gasteiger partial charge >= 0.3 is 0 Å². The maximum atomic E-state index is 12.7. The molecule has 0 bridgehead atoms. The van der Waals surface area contributed by atoms with E-state index in [1.807, 2.05) is 42.5 Å². The molecule has 158 valence electrons. The average Bonchev–Trinajstić information content (AvgIpc) is 3.21. The summed E-state index contributed by atoms with van der Waals surface area (Å²) in [6.45, 7) is 0.355. The van der Waals surface area contributed by atoms with Gasteiger partial charge in [0.25, 0.3) is 10.0 Å². The van der Waals surface area contributed by atoms with E-state index in [0.29, 0.717) is 16.6 Å². The first kappa shape index (κ1) is 21.4. The van der Waals surface area contributed by atoms with Gasteiger partial charge in [-0.1, -0.05) is 65.7 Å². The smallest absolute Gasteiger partial charge is 0.285 e. The zero-order valence-corrected chi connectivity index (χ0v) is 18.5. The zero-order valence-electron chi connectivity index (χ0n) is 16.2. The van der Waals surface area contributed by atoms with E-state index in [4.69, 9.17) is 28.9 Å². The molecule has 9 heteroatoms. The normalized spacial score (nSPS) is 17.0. The van der Waals surface area contributed by atoms with Crippen LogP contribution in [0.15, 0.2) is 93.3 Å². The summed E-state index contributed by atoms with van der Waals surface area (Å²) in [6, 6.07) is 22.9. The molecule has 0 radical (unpaired) electrons. The Bertz CT molecular complexity index is 1240. The number of halogens is 2. The van der Waals surface area contributed by atoms with Gasteiger partial charge < -0.3 is 5.73 Å². The molecular formula is C22H18Cl2N4O2S. The Morgan fingerprint density at radius 2 is 1.52 bits per heavy atom. The van der Waals surface area contributed by atoms with Crippen molar-refractivity contribution in [3.63, 3.8) is 0 Å². The zero-order chi connectivity index (χ0) is 22.0. The molecule has 1 aliphatic heterocycles. The average molecular weight is 473 g/mol. The summed E-state index contributed by atoms with van der Waals surface area (Å²) >= 11 is 11.9. The van der Waals surface area contributed by atoms with Crippen LogP contribution in [0.2, 0.25) is 10.0 Å². The second-order valence-electron chi connectivity index (χ2n) is 6.92. The lowest BCUT2D eigenvalue weighted by molar-refractivity contribution is 0.470. The number of sulfonamides is 1. The molecule has 0 amide bonds. The summed E-state index contributed by atoms with van der Waals surface area (Å²) in [6.07, 6.45) is 0. The van der Waals surface area contributed by atoms with Crippen LogP contribution in [-0.2, 0) is 10.0 Å². The first-order valence-corrected chi connectivity index (χ1v) is 11.6. The summed E-state index contributed by atoms with van der Waals surface area (Å²) in [5, 5.41) is 7.06. The highest BCUT2D eigenvalue weighted by Crippen LogP contribution is 2.29. The summed E-state index contributed by atoms with van der Waals surface area (Å²) < 4.78 is 29.1. The van der Waals surface area contributed by atoms with Gasteiger partial charge in [0.05, 0.1) is 17.2 Å². The number of hydrazone groups is 1. The van der Waals surface area contributed by atoms with Crippen LogP contribution in [0.5, 0.6) is 0 Å².